The molecular formula is C12H19FN2O3S. The van der Waals surface area contributed by atoms with Gasteiger partial charge in [-0.1, -0.05) is 0 Å². The average molecular weight is 290 g/mol. The van der Waals surface area contributed by atoms with Gasteiger partial charge < -0.3 is 10.5 Å². The molecular weight excluding hydrogens is 271 g/mol. The van der Waals surface area contributed by atoms with E-state index in [0.29, 0.717) is 6.61 Å². The van der Waals surface area contributed by atoms with Gasteiger partial charge in [0.05, 0.1) is 11.3 Å². The fourth-order valence-electron chi connectivity index (χ4n) is 1.55. The molecule has 0 aromatic heterocycles. The lowest BCUT2D eigenvalue weighted by Crippen LogP contribution is -2.40. The first-order valence-corrected chi connectivity index (χ1v) is 7.35. The molecule has 0 aliphatic carbocycles. The summed E-state index contributed by atoms with van der Waals surface area (Å²) in [6, 6.07) is 3.17. The third-order valence-electron chi connectivity index (χ3n) is 2.48. The largest absolute Gasteiger partial charge is 0.398 e. The van der Waals surface area contributed by atoms with Gasteiger partial charge in [0.1, 0.15) is 10.7 Å². The fourth-order valence-corrected chi connectivity index (χ4v) is 2.86. The third kappa shape index (κ3) is 4.45. The molecule has 0 aliphatic rings. The lowest BCUT2D eigenvalue weighted by atomic mass is 10.1. The number of nitrogen functional groups attached to an aromatic ring is 1. The van der Waals surface area contributed by atoms with Gasteiger partial charge in [-0.2, -0.15) is 0 Å². The van der Waals surface area contributed by atoms with Crippen molar-refractivity contribution in [2.45, 2.75) is 31.3 Å². The highest BCUT2D eigenvalue weighted by Gasteiger charge is 2.23. The van der Waals surface area contributed by atoms with E-state index in [2.05, 4.69) is 4.72 Å². The van der Waals surface area contributed by atoms with Crippen molar-refractivity contribution in [3.63, 3.8) is 0 Å². The van der Waals surface area contributed by atoms with Gasteiger partial charge in [-0.25, -0.2) is 17.5 Å². The van der Waals surface area contributed by atoms with Gasteiger partial charge in [0.25, 0.3) is 0 Å². The molecule has 19 heavy (non-hydrogen) atoms. The Hall–Kier alpha value is -1.18. The van der Waals surface area contributed by atoms with E-state index in [1.165, 1.54) is 0 Å². The predicted octanol–water partition coefficient (Wildman–Crippen LogP) is 1.50. The van der Waals surface area contributed by atoms with E-state index in [1.54, 1.807) is 13.8 Å². The first-order chi connectivity index (χ1) is 8.68. The number of nitrogens with one attached hydrogen (secondary N) is 1. The minimum absolute atomic E-state index is 0.0972. The smallest absolute Gasteiger partial charge is 0.242 e. The van der Waals surface area contributed by atoms with Crippen LogP contribution in [0.1, 0.15) is 20.8 Å². The highest BCUT2D eigenvalue weighted by molar-refractivity contribution is 7.89. The molecule has 0 bridgehead atoms. The second-order valence-corrected chi connectivity index (χ2v) is 6.43. The van der Waals surface area contributed by atoms with E-state index in [9.17, 15) is 12.8 Å². The van der Waals surface area contributed by atoms with Crippen molar-refractivity contribution in [3.8, 4) is 0 Å². The van der Waals surface area contributed by atoms with E-state index < -0.39 is 21.4 Å². The van der Waals surface area contributed by atoms with E-state index >= 15 is 0 Å². The average Bonchev–Trinajstić information content (AvgIpc) is 2.26. The van der Waals surface area contributed by atoms with Gasteiger partial charge in [0.2, 0.25) is 10.0 Å². The number of rotatable bonds is 6. The lowest BCUT2D eigenvalue weighted by molar-refractivity contribution is -0.00515. The molecule has 0 amide bonds. The van der Waals surface area contributed by atoms with Crippen LogP contribution in [0.2, 0.25) is 0 Å². The normalized spacial score (nSPS) is 12.6. The fraction of sp³-hybridized carbons (Fsp3) is 0.500. The zero-order chi connectivity index (χ0) is 14.7. The molecule has 0 aliphatic heterocycles. The number of ether oxygens (including phenoxy) is 1. The molecule has 3 N–H and O–H groups in total. The first-order valence-electron chi connectivity index (χ1n) is 5.86. The molecule has 0 fully saturated rings. The molecule has 1 aromatic rings. The number of hydrogen-bond donors (Lipinski definition) is 2. The second kappa shape index (κ2) is 5.85. The number of benzene rings is 1. The van der Waals surface area contributed by atoms with Gasteiger partial charge in [-0.05, 0) is 39.0 Å². The van der Waals surface area contributed by atoms with Crippen molar-refractivity contribution in [3.05, 3.63) is 24.0 Å². The predicted molar refractivity (Wildman–Crippen MR) is 71.7 cm³/mol. The summed E-state index contributed by atoms with van der Waals surface area (Å²) in [7, 11) is -3.78. The summed E-state index contributed by atoms with van der Waals surface area (Å²) >= 11 is 0. The number of nitrogens with two attached hydrogens (primary N) is 1. The maximum Gasteiger partial charge on any atom is 0.242 e. The first kappa shape index (κ1) is 15.9. The maximum absolute atomic E-state index is 12.9. The lowest BCUT2D eigenvalue weighted by Gasteiger charge is -2.24. The van der Waals surface area contributed by atoms with Crippen LogP contribution < -0.4 is 10.5 Å². The van der Waals surface area contributed by atoms with E-state index in [0.717, 1.165) is 18.2 Å². The maximum atomic E-state index is 12.9. The Bertz CT molecular complexity index is 544. The van der Waals surface area contributed by atoms with Crippen molar-refractivity contribution in [2.75, 3.05) is 18.9 Å². The molecule has 0 atom stereocenters. The summed E-state index contributed by atoms with van der Waals surface area (Å²) in [5, 5.41) is 0. The van der Waals surface area contributed by atoms with Gasteiger partial charge in [-0.15, -0.1) is 0 Å². The van der Waals surface area contributed by atoms with Crippen molar-refractivity contribution in [1.29, 1.82) is 0 Å². The Morgan fingerprint density at radius 3 is 2.58 bits per heavy atom. The molecule has 0 spiro atoms. The molecule has 7 heteroatoms. The van der Waals surface area contributed by atoms with Crippen LogP contribution in [0.4, 0.5) is 10.1 Å². The SMILES string of the molecule is CCOC(C)(C)CNS(=O)(=O)c1ccc(F)cc1N. The van der Waals surface area contributed by atoms with Crippen LogP contribution in [-0.2, 0) is 14.8 Å². The van der Waals surface area contributed by atoms with E-state index in [-0.39, 0.29) is 17.1 Å². The Balaban J connectivity index is 2.87. The highest BCUT2D eigenvalue weighted by Crippen LogP contribution is 2.19. The summed E-state index contributed by atoms with van der Waals surface area (Å²) in [4.78, 5) is -0.138. The summed E-state index contributed by atoms with van der Waals surface area (Å²) in [6.07, 6.45) is 0. The monoisotopic (exact) mass is 290 g/mol. The van der Waals surface area contributed by atoms with Crippen LogP contribution in [0, 0.1) is 5.82 Å². The van der Waals surface area contributed by atoms with Crippen LogP contribution in [0.15, 0.2) is 23.1 Å². The molecule has 0 radical (unpaired) electrons. The van der Waals surface area contributed by atoms with Gasteiger partial charge in [0, 0.05) is 13.2 Å². The van der Waals surface area contributed by atoms with Gasteiger partial charge in [0.15, 0.2) is 0 Å². The molecule has 0 unspecified atom stereocenters. The van der Waals surface area contributed by atoms with Crippen LogP contribution in [-0.4, -0.2) is 27.2 Å². The molecule has 1 aromatic carbocycles. The van der Waals surface area contributed by atoms with E-state index in [4.69, 9.17) is 10.5 Å². The molecule has 5 nitrogen and oxygen atoms in total. The topological polar surface area (TPSA) is 81.4 Å². The Kier molecular flexibility index (Phi) is 4.89. The Morgan fingerprint density at radius 2 is 2.05 bits per heavy atom. The number of hydrogen-bond acceptors (Lipinski definition) is 4. The second-order valence-electron chi connectivity index (χ2n) is 4.70. The quantitative estimate of drug-likeness (QED) is 0.778. The minimum atomic E-state index is -3.78. The summed E-state index contributed by atoms with van der Waals surface area (Å²) in [5.41, 5.74) is 4.76. The zero-order valence-corrected chi connectivity index (χ0v) is 12.1. The van der Waals surface area contributed by atoms with Crippen LogP contribution in [0.25, 0.3) is 0 Å². The molecule has 0 heterocycles. The van der Waals surface area contributed by atoms with Crippen molar-refractivity contribution >= 4 is 15.7 Å². The third-order valence-corrected chi connectivity index (χ3v) is 3.96. The standard InChI is InChI=1S/C12H19FN2O3S/c1-4-18-12(2,3)8-15-19(16,17)11-6-5-9(13)7-10(11)14/h5-7,15H,4,8,14H2,1-3H3. The molecule has 108 valence electrons. The van der Waals surface area contributed by atoms with Crippen LogP contribution >= 0.6 is 0 Å². The van der Waals surface area contributed by atoms with Crippen LogP contribution in [0.3, 0.4) is 0 Å². The summed E-state index contributed by atoms with van der Waals surface area (Å²) in [6.45, 7) is 5.95. The highest BCUT2D eigenvalue weighted by atomic mass is 32.2. The van der Waals surface area contributed by atoms with Crippen molar-refractivity contribution < 1.29 is 17.5 Å². The van der Waals surface area contributed by atoms with Crippen molar-refractivity contribution in [1.82, 2.24) is 4.72 Å². The minimum Gasteiger partial charge on any atom is -0.398 e. The van der Waals surface area contributed by atoms with E-state index in [1.807, 2.05) is 6.92 Å². The van der Waals surface area contributed by atoms with Crippen LogP contribution in [0.5, 0.6) is 0 Å². The molecule has 0 saturated heterocycles. The summed E-state index contributed by atoms with van der Waals surface area (Å²) < 4.78 is 44.8. The Labute approximate surface area is 113 Å². The Morgan fingerprint density at radius 1 is 1.42 bits per heavy atom. The number of sulfonamides is 1. The molecule has 1 rings (SSSR count). The molecule has 0 saturated carbocycles. The number of anilines is 1. The number of halogens is 1. The zero-order valence-electron chi connectivity index (χ0n) is 11.2. The van der Waals surface area contributed by atoms with Crippen molar-refractivity contribution in [2.24, 2.45) is 0 Å². The van der Waals surface area contributed by atoms with Gasteiger partial charge in [-0.3, -0.25) is 0 Å². The summed E-state index contributed by atoms with van der Waals surface area (Å²) in [5.74, 6) is -0.578. The van der Waals surface area contributed by atoms with Gasteiger partial charge >= 0.3 is 0 Å².